The van der Waals surface area contributed by atoms with Gasteiger partial charge in [-0.15, -0.1) is 0 Å². The number of ether oxygens (including phenoxy) is 3. The Morgan fingerprint density at radius 1 is 1.11 bits per heavy atom. The maximum atomic E-state index is 12.2. The highest BCUT2D eigenvalue weighted by atomic mass is 32.2. The predicted molar refractivity (Wildman–Crippen MR) is 145 cm³/mol. The van der Waals surface area contributed by atoms with Gasteiger partial charge in [-0.25, -0.2) is 0 Å². The van der Waals surface area contributed by atoms with Gasteiger partial charge in [-0.05, 0) is 46.2 Å². The highest BCUT2D eigenvalue weighted by Gasteiger charge is 2.23. The fourth-order valence-corrected chi connectivity index (χ4v) is 5.30. The Labute approximate surface area is 214 Å². The Morgan fingerprint density at radius 3 is 2.66 bits per heavy atom. The number of morpholine rings is 1. The third-order valence-electron chi connectivity index (χ3n) is 6.05. The number of carbonyl (C=O) groups excluding carboxylic acids is 1. The van der Waals surface area contributed by atoms with E-state index in [4.69, 9.17) is 26.4 Å². The third-order valence-corrected chi connectivity index (χ3v) is 7.22. The first-order valence-electron chi connectivity index (χ1n) is 11.5. The molecular weight excluding hydrogens is 480 g/mol. The van der Waals surface area contributed by atoms with Gasteiger partial charge in [0.1, 0.15) is 10.9 Å². The monoisotopic (exact) mass is 506 g/mol. The van der Waals surface area contributed by atoms with Crippen LogP contribution in [0.5, 0.6) is 11.5 Å². The molecule has 2 heterocycles. The predicted octanol–water partition coefficient (Wildman–Crippen LogP) is 4.72. The molecule has 5 rings (SSSR count). The number of hydrogen-bond donors (Lipinski definition) is 1. The van der Waals surface area contributed by atoms with Crippen LogP contribution in [-0.2, 0) is 9.53 Å². The number of methoxy groups -OCH3 is 1. The van der Waals surface area contributed by atoms with Gasteiger partial charge in [0.15, 0.2) is 11.5 Å². The van der Waals surface area contributed by atoms with Crippen LogP contribution in [0, 0.1) is 0 Å². The van der Waals surface area contributed by atoms with Crippen LogP contribution >= 0.6 is 24.0 Å². The number of nitrogens with one attached hydrogen (secondary N) is 1. The number of amides is 1. The molecule has 8 heteroatoms. The Balaban J connectivity index is 1.53. The Morgan fingerprint density at radius 2 is 1.91 bits per heavy atom. The molecule has 0 aliphatic carbocycles. The summed E-state index contributed by atoms with van der Waals surface area (Å²) in [6, 6.07) is 18.6. The topological polar surface area (TPSA) is 60.0 Å². The second-order valence-electron chi connectivity index (χ2n) is 8.32. The van der Waals surface area contributed by atoms with E-state index >= 15 is 0 Å². The largest absolute Gasteiger partial charge is 0.493 e. The molecule has 2 aliphatic heterocycles. The van der Waals surface area contributed by atoms with Crippen molar-refractivity contribution in [2.75, 3.05) is 46.6 Å². The molecule has 2 fully saturated rings. The van der Waals surface area contributed by atoms with Gasteiger partial charge in [0.2, 0.25) is 0 Å². The number of hydrogen-bond acceptors (Lipinski definition) is 7. The van der Waals surface area contributed by atoms with Crippen LogP contribution in [0.3, 0.4) is 0 Å². The molecule has 0 unspecified atom stereocenters. The number of thiocarbonyl (C=S) groups is 1. The summed E-state index contributed by atoms with van der Waals surface area (Å²) in [5.74, 6) is 1.13. The van der Waals surface area contributed by atoms with Gasteiger partial charge < -0.3 is 19.5 Å². The van der Waals surface area contributed by atoms with E-state index in [2.05, 4.69) is 40.5 Å². The van der Waals surface area contributed by atoms with Gasteiger partial charge >= 0.3 is 0 Å². The summed E-state index contributed by atoms with van der Waals surface area (Å²) >= 11 is 6.40. The van der Waals surface area contributed by atoms with E-state index in [1.165, 1.54) is 17.1 Å². The number of rotatable bonds is 7. The van der Waals surface area contributed by atoms with Gasteiger partial charge in [0.25, 0.3) is 5.91 Å². The molecule has 0 saturated carbocycles. The average Bonchev–Trinajstić information content (AvgIpc) is 3.20. The molecule has 0 bridgehead atoms. The number of fused-ring (bicyclic) bond motifs is 1. The van der Waals surface area contributed by atoms with E-state index in [1.54, 1.807) is 7.11 Å². The average molecular weight is 507 g/mol. The molecule has 1 N–H and O–H groups in total. The van der Waals surface area contributed by atoms with Gasteiger partial charge in [-0.2, -0.15) is 0 Å². The van der Waals surface area contributed by atoms with Gasteiger partial charge in [0, 0.05) is 25.2 Å². The minimum absolute atomic E-state index is 0.183. The molecule has 35 heavy (non-hydrogen) atoms. The molecule has 2 aliphatic rings. The number of nitrogens with zero attached hydrogens (tertiary/aromatic N) is 1. The minimum Gasteiger partial charge on any atom is -0.493 e. The molecular formula is C27H26N2O4S2. The van der Waals surface area contributed by atoms with Crippen molar-refractivity contribution in [2.45, 2.75) is 0 Å². The second-order valence-corrected chi connectivity index (χ2v) is 10.0. The molecule has 3 aromatic rings. The van der Waals surface area contributed by atoms with Gasteiger partial charge in [-0.3, -0.25) is 9.69 Å². The molecule has 0 atom stereocenters. The number of benzene rings is 3. The summed E-state index contributed by atoms with van der Waals surface area (Å²) in [5, 5.41) is 4.98. The first kappa shape index (κ1) is 23.8. The summed E-state index contributed by atoms with van der Waals surface area (Å²) in [5.41, 5.74) is 2.77. The zero-order chi connectivity index (χ0) is 24.2. The van der Waals surface area contributed by atoms with E-state index < -0.39 is 0 Å². The molecule has 180 valence electrons. The van der Waals surface area contributed by atoms with E-state index in [0.717, 1.165) is 54.9 Å². The van der Waals surface area contributed by atoms with Gasteiger partial charge in [-0.1, -0.05) is 60.4 Å². The maximum Gasteiger partial charge on any atom is 0.263 e. The van der Waals surface area contributed by atoms with Crippen molar-refractivity contribution in [1.29, 1.82) is 0 Å². The Bertz CT molecular complexity index is 1300. The van der Waals surface area contributed by atoms with Crippen LogP contribution < -0.4 is 14.8 Å². The van der Waals surface area contributed by atoms with Crippen molar-refractivity contribution in [2.24, 2.45) is 0 Å². The lowest BCUT2D eigenvalue weighted by Crippen LogP contribution is -2.38. The summed E-state index contributed by atoms with van der Waals surface area (Å²) in [6.07, 6.45) is 1.84. The molecule has 6 nitrogen and oxygen atoms in total. The fraction of sp³-hybridized carbons (Fsp3) is 0.259. The van der Waals surface area contributed by atoms with E-state index in [0.29, 0.717) is 27.3 Å². The fourth-order valence-electron chi connectivity index (χ4n) is 4.25. The third kappa shape index (κ3) is 5.51. The molecule has 0 aromatic heterocycles. The normalized spacial score (nSPS) is 17.7. The molecule has 0 spiro atoms. The van der Waals surface area contributed by atoms with Crippen LogP contribution in [0.25, 0.3) is 28.0 Å². The molecule has 0 radical (unpaired) electrons. The van der Waals surface area contributed by atoms with Crippen molar-refractivity contribution < 1.29 is 19.0 Å². The highest BCUT2D eigenvalue weighted by molar-refractivity contribution is 8.26. The van der Waals surface area contributed by atoms with Crippen molar-refractivity contribution in [3.63, 3.8) is 0 Å². The summed E-state index contributed by atoms with van der Waals surface area (Å²) < 4.78 is 18.0. The number of carbonyl (C=O) groups is 1. The van der Waals surface area contributed by atoms with Crippen LogP contribution in [0.1, 0.15) is 5.56 Å². The number of thioether (sulfide) groups is 1. The highest BCUT2D eigenvalue weighted by Crippen LogP contribution is 2.41. The minimum atomic E-state index is -0.183. The van der Waals surface area contributed by atoms with Crippen LogP contribution in [0.15, 0.2) is 59.5 Å². The van der Waals surface area contributed by atoms with Crippen LogP contribution in [-0.4, -0.2) is 61.7 Å². The Kier molecular flexibility index (Phi) is 7.34. The summed E-state index contributed by atoms with van der Waals surface area (Å²) in [6.45, 7) is 4.67. The molecule has 2 saturated heterocycles. The quantitative estimate of drug-likeness (QED) is 0.368. The molecule has 1 amide bonds. The first-order valence-corrected chi connectivity index (χ1v) is 12.7. The lowest BCUT2D eigenvalue weighted by atomic mass is 9.98. The summed E-state index contributed by atoms with van der Waals surface area (Å²) in [4.78, 5) is 15.1. The van der Waals surface area contributed by atoms with E-state index in [1.807, 2.05) is 30.3 Å². The molecule has 3 aromatic carbocycles. The van der Waals surface area contributed by atoms with Crippen molar-refractivity contribution in [3.8, 4) is 22.6 Å². The van der Waals surface area contributed by atoms with Crippen molar-refractivity contribution >= 4 is 51.1 Å². The standard InChI is InChI=1S/C27H26N2O4S2/c1-31-23-15-18(16-24-26(30)28-27(34)35-24)14-22(21-7-6-19-4-2-3-5-20(19)17-21)25(23)33-13-10-29-8-11-32-12-9-29/h2-7,14-17H,8-13H2,1H3,(H,28,30,34). The zero-order valence-electron chi connectivity index (χ0n) is 19.4. The van der Waals surface area contributed by atoms with E-state index in [-0.39, 0.29) is 5.91 Å². The van der Waals surface area contributed by atoms with Crippen LogP contribution in [0.4, 0.5) is 0 Å². The van der Waals surface area contributed by atoms with Gasteiger partial charge in [0.05, 0.1) is 25.2 Å². The lowest BCUT2D eigenvalue weighted by molar-refractivity contribution is -0.115. The SMILES string of the molecule is COc1cc(C=C2SC(=S)NC2=O)cc(-c2ccc3ccccc3c2)c1OCCN1CCOCC1. The maximum absolute atomic E-state index is 12.2. The van der Waals surface area contributed by atoms with Crippen LogP contribution in [0.2, 0.25) is 0 Å². The lowest BCUT2D eigenvalue weighted by Gasteiger charge is -2.26. The van der Waals surface area contributed by atoms with Crippen molar-refractivity contribution in [3.05, 3.63) is 65.1 Å². The first-order chi connectivity index (χ1) is 17.1. The zero-order valence-corrected chi connectivity index (χ0v) is 21.0. The van der Waals surface area contributed by atoms with E-state index in [9.17, 15) is 4.79 Å². The van der Waals surface area contributed by atoms with Crippen molar-refractivity contribution in [1.82, 2.24) is 10.2 Å². The smallest absolute Gasteiger partial charge is 0.263 e. The summed E-state index contributed by atoms with van der Waals surface area (Å²) in [7, 11) is 1.64. The second kappa shape index (κ2) is 10.8. The Hall–Kier alpha value is -2.91.